The van der Waals surface area contributed by atoms with Crippen LogP contribution in [0.3, 0.4) is 0 Å². The van der Waals surface area contributed by atoms with E-state index in [1.165, 1.54) is 75.5 Å². The first-order valence-electron chi connectivity index (χ1n) is 18.4. The lowest BCUT2D eigenvalue weighted by atomic mass is 9.95. The molecule has 0 radical (unpaired) electrons. The third-order valence-corrected chi connectivity index (χ3v) is 11.6. The van der Waals surface area contributed by atoms with E-state index in [9.17, 15) is 0 Å². The van der Waals surface area contributed by atoms with Crippen molar-refractivity contribution in [2.75, 3.05) is 4.90 Å². The number of hydrogen-bond donors (Lipinski definition) is 0. The predicted molar refractivity (Wildman–Crippen MR) is 233 cm³/mol. The standard InChI is InChI=1S/C52H35NS/c1-2-13-36(14-3-1)39-17-10-18-40(33-39)41-19-11-20-44(34-41)53(50-25-8-6-22-47(50)46-24-12-16-38-15-4-5-21-45(38)46)43-30-27-37(28-31-43)42-29-32-49-48-23-7-9-26-51(48)54-52(49)35-42/h1-35H. The monoisotopic (exact) mass is 705 g/mol. The van der Waals surface area contributed by atoms with E-state index in [-0.39, 0.29) is 0 Å². The highest BCUT2D eigenvalue weighted by atomic mass is 32.1. The molecule has 9 aromatic carbocycles. The van der Waals surface area contributed by atoms with Crippen molar-refractivity contribution in [2.24, 2.45) is 0 Å². The average Bonchev–Trinajstić information content (AvgIpc) is 3.63. The molecule has 0 fully saturated rings. The first kappa shape index (κ1) is 32.0. The summed E-state index contributed by atoms with van der Waals surface area (Å²) in [7, 11) is 0. The van der Waals surface area contributed by atoms with E-state index in [1.807, 2.05) is 11.3 Å². The molecule has 10 rings (SSSR count). The molecule has 0 saturated carbocycles. The number of nitrogens with zero attached hydrogens (tertiary/aromatic N) is 1. The van der Waals surface area contributed by atoms with Crippen molar-refractivity contribution < 1.29 is 0 Å². The van der Waals surface area contributed by atoms with Gasteiger partial charge in [0.25, 0.3) is 0 Å². The van der Waals surface area contributed by atoms with Crippen molar-refractivity contribution in [1.82, 2.24) is 0 Å². The van der Waals surface area contributed by atoms with E-state index >= 15 is 0 Å². The third kappa shape index (κ3) is 5.84. The summed E-state index contributed by atoms with van der Waals surface area (Å²) in [5.41, 5.74) is 12.9. The molecule has 10 aromatic rings. The van der Waals surface area contributed by atoms with Crippen molar-refractivity contribution in [3.8, 4) is 44.5 Å². The Bertz CT molecular complexity index is 2930. The Balaban J connectivity index is 1.11. The summed E-state index contributed by atoms with van der Waals surface area (Å²) in [6.07, 6.45) is 0. The maximum Gasteiger partial charge on any atom is 0.0540 e. The molecule has 1 aromatic heterocycles. The van der Waals surface area contributed by atoms with Gasteiger partial charge in [0.15, 0.2) is 0 Å². The Morgan fingerprint density at radius 1 is 0.296 bits per heavy atom. The average molecular weight is 706 g/mol. The minimum atomic E-state index is 1.10. The summed E-state index contributed by atoms with van der Waals surface area (Å²) >= 11 is 1.86. The molecule has 254 valence electrons. The molecule has 0 atom stereocenters. The summed E-state index contributed by atoms with van der Waals surface area (Å²) in [6, 6.07) is 77.2. The van der Waals surface area contributed by atoms with Gasteiger partial charge in [0.2, 0.25) is 0 Å². The summed E-state index contributed by atoms with van der Waals surface area (Å²) in [5, 5.41) is 5.12. The van der Waals surface area contributed by atoms with Crippen LogP contribution in [0, 0.1) is 0 Å². The fourth-order valence-electron chi connectivity index (χ4n) is 7.83. The maximum absolute atomic E-state index is 2.42. The van der Waals surface area contributed by atoms with Crippen LogP contribution < -0.4 is 4.90 Å². The van der Waals surface area contributed by atoms with Crippen molar-refractivity contribution in [3.63, 3.8) is 0 Å². The van der Waals surface area contributed by atoms with Gasteiger partial charge in [-0.2, -0.15) is 0 Å². The fraction of sp³-hybridized carbons (Fsp3) is 0. The van der Waals surface area contributed by atoms with Crippen LogP contribution in [-0.2, 0) is 0 Å². The van der Waals surface area contributed by atoms with E-state index in [2.05, 4.69) is 217 Å². The fourth-order valence-corrected chi connectivity index (χ4v) is 8.97. The molecule has 1 heterocycles. The van der Waals surface area contributed by atoms with Crippen LogP contribution in [0.25, 0.3) is 75.5 Å². The molecule has 0 unspecified atom stereocenters. The van der Waals surface area contributed by atoms with Crippen LogP contribution in [0.15, 0.2) is 212 Å². The lowest BCUT2D eigenvalue weighted by molar-refractivity contribution is 1.28. The normalized spacial score (nSPS) is 11.3. The zero-order valence-corrected chi connectivity index (χ0v) is 30.4. The summed E-state index contributed by atoms with van der Waals surface area (Å²) < 4.78 is 2.64. The molecule has 0 spiro atoms. The largest absolute Gasteiger partial charge is 0.310 e. The SMILES string of the molecule is c1ccc(-c2cccc(-c3cccc(N(c4ccc(-c5ccc6c(c5)sc5ccccc56)cc4)c4ccccc4-c4cccc5ccccc45)c3)c2)cc1. The predicted octanol–water partition coefficient (Wildman–Crippen LogP) is 15.3. The number of thiophene rings is 1. The molecule has 0 saturated heterocycles. The van der Waals surface area contributed by atoms with Crippen LogP contribution in [0.2, 0.25) is 0 Å². The van der Waals surface area contributed by atoms with Gasteiger partial charge in [-0.15, -0.1) is 11.3 Å². The molecule has 0 aliphatic heterocycles. The van der Waals surface area contributed by atoms with Gasteiger partial charge in [0.05, 0.1) is 5.69 Å². The third-order valence-electron chi connectivity index (χ3n) is 10.5. The topological polar surface area (TPSA) is 3.24 Å². The minimum Gasteiger partial charge on any atom is -0.310 e. The second-order valence-corrected chi connectivity index (χ2v) is 14.8. The Labute approximate surface area is 319 Å². The van der Waals surface area contributed by atoms with Crippen molar-refractivity contribution >= 4 is 59.3 Å². The Kier molecular flexibility index (Phi) is 8.09. The number of benzene rings is 9. The van der Waals surface area contributed by atoms with Crippen molar-refractivity contribution in [1.29, 1.82) is 0 Å². The highest BCUT2D eigenvalue weighted by Gasteiger charge is 2.19. The first-order valence-corrected chi connectivity index (χ1v) is 19.2. The van der Waals surface area contributed by atoms with Crippen LogP contribution in [0.1, 0.15) is 0 Å². The van der Waals surface area contributed by atoms with Gasteiger partial charge < -0.3 is 4.90 Å². The number of hydrogen-bond acceptors (Lipinski definition) is 2. The number of anilines is 3. The highest BCUT2D eigenvalue weighted by molar-refractivity contribution is 7.25. The summed E-state index contributed by atoms with van der Waals surface area (Å²) in [6.45, 7) is 0. The number of fused-ring (bicyclic) bond motifs is 4. The maximum atomic E-state index is 2.42. The van der Waals surface area contributed by atoms with Crippen LogP contribution in [0.4, 0.5) is 17.1 Å². The quantitative estimate of drug-likeness (QED) is 0.160. The second-order valence-electron chi connectivity index (χ2n) is 13.7. The van der Waals surface area contributed by atoms with E-state index in [1.54, 1.807) is 0 Å². The minimum absolute atomic E-state index is 1.10. The van der Waals surface area contributed by atoms with Gasteiger partial charge in [-0.3, -0.25) is 0 Å². The van der Waals surface area contributed by atoms with Gasteiger partial charge in [0, 0.05) is 37.1 Å². The van der Waals surface area contributed by atoms with Gasteiger partial charge in [-0.1, -0.05) is 164 Å². The lowest BCUT2D eigenvalue weighted by Gasteiger charge is -2.29. The molecule has 0 N–H and O–H groups in total. The van der Waals surface area contributed by atoms with E-state index in [0.29, 0.717) is 0 Å². The van der Waals surface area contributed by atoms with Gasteiger partial charge in [0.1, 0.15) is 0 Å². The van der Waals surface area contributed by atoms with E-state index < -0.39 is 0 Å². The molecule has 2 heteroatoms. The Morgan fingerprint density at radius 2 is 0.852 bits per heavy atom. The lowest BCUT2D eigenvalue weighted by Crippen LogP contribution is -2.11. The van der Waals surface area contributed by atoms with Gasteiger partial charge in [-0.25, -0.2) is 0 Å². The van der Waals surface area contributed by atoms with Gasteiger partial charge in [-0.05, 0) is 98.2 Å². The van der Waals surface area contributed by atoms with Crippen LogP contribution >= 0.6 is 11.3 Å². The van der Waals surface area contributed by atoms with Crippen molar-refractivity contribution in [2.45, 2.75) is 0 Å². The Hall–Kier alpha value is -6.74. The second kappa shape index (κ2) is 13.7. The van der Waals surface area contributed by atoms with Crippen LogP contribution in [0.5, 0.6) is 0 Å². The smallest absolute Gasteiger partial charge is 0.0540 e. The van der Waals surface area contributed by atoms with Gasteiger partial charge >= 0.3 is 0 Å². The zero-order chi connectivity index (χ0) is 35.8. The molecule has 1 nitrogen and oxygen atoms in total. The van der Waals surface area contributed by atoms with E-state index in [4.69, 9.17) is 0 Å². The van der Waals surface area contributed by atoms with Crippen LogP contribution in [-0.4, -0.2) is 0 Å². The molecular weight excluding hydrogens is 671 g/mol. The molecule has 0 bridgehead atoms. The zero-order valence-electron chi connectivity index (χ0n) is 29.6. The first-order chi connectivity index (χ1) is 26.8. The molecule has 0 aliphatic rings. The number of rotatable bonds is 7. The summed E-state index contributed by atoms with van der Waals surface area (Å²) in [4.78, 5) is 2.42. The molecular formula is C52H35NS. The summed E-state index contributed by atoms with van der Waals surface area (Å²) in [5.74, 6) is 0. The van der Waals surface area contributed by atoms with Crippen molar-refractivity contribution in [3.05, 3.63) is 212 Å². The Morgan fingerprint density at radius 3 is 1.72 bits per heavy atom. The van der Waals surface area contributed by atoms with E-state index in [0.717, 1.165) is 17.1 Å². The molecule has 54 heavy (non-hydrogen) atoms. The molecule has 0 aliphatic carbocycles. The molecule has 0 amide bonds. The number of para-hydroxylation sites is 1. The highest BCUT2D eigenvalue weighted by Crippen LogP contribution is 2.44.